The molecule has 0 spiro atoms. The molecule has 0 aliphatic rings. The molecule has 2 aromatic rings. The van der Waals surface area contributed by atoms with Gasteiger partial charge in [-0.3, -0.25) is 4.98 Å². The van der Waals surface area contributed by atoms with Crippen LogP contribution in [0.1, 0.15) is 26.3 Å². The average Bonchev–Trinajstić information content (AvgIpc) is 2.51. The lowest BCUT2D eigenvalue weighted by atomic mass is 10.0. The second-order valence-corrected chi connectivity index (χ2v) is 6.48. The van der Waals surface area contributed by atoms with E-state index in [9.17, 15) is 9.59 Å². The Hall–Kier alpha value is -2.63. The van der Waals surface area contributed by atoms with E-state index < -0.39 is 23.7 Å². The number of benzene rings is 1. The van der Waals surface area contributed by atoms with Crippen LogP contribution in [0.5, 0.6) is 0 Å². The Kier molecular flexibility index (Phi) is 5.39. The number of esters is 1. The highest BCUT2D eigenvalue weighted by Gasteiger charge is 2.25. The van der Waals surface area contributed by atoms with Gasteiger partial charge in [0.15, 0.2) is 0 Å². The summed E-state index contributed by atoms with van der Waals surface area (Å²) < 4.78 is 9.99. The molecule has 1 N–H and O–H groups in total. The van der Waals surface area contributed by atoms with Crippen molar-refractivity contribution in [1.29, 1.82) is 0 Å². The zero-order valence-electron chi connectivity index (χ0n) is 14.3. The maximum atomic E-state index is 12.0. The lowest BCUT2D eigenvalue weighted by molar-refractivity contribution is -0.143. The highest BCUT2D eigenvalue weighted by atomic mass is 16.6. The molecular weight excluding hydrogens is 308 g/mol. The maximum absolute atomic E-state index is 12.0. The Bertz CT molecular complexity index is 737. The van der Waals surface area contributed by atoms with Crippen molar-refractivity contribution in [3.63, 3.8) is 0 Å². The van der Waals surface area contributed by atoms with Crippen LogP contribution in [0.4, 0.5) is 4.79 Å². The van der Waals surface area contributed by atoms with Gasteiger partial charge in [0.25, 0.3) is 0 Å². The summed E-state index contributed by atoms with van der Waals surface area (Å²) in [6, 6.07) is 6.87. The van der Waals surface area contributed by atoms with Crippen molar-refractivity contribution in [2.24, 2.45) is 0 Å². The summed E-state index contributed by atoms with van der Waals surface area (Å²) in [6.07, 6.45) is 3.14. The number of nitrogens with one attached hydrogen (secondary N) is 1. The molecule has 2 rings (SSSR count). The van der Waals surface area contributed by atoms with Crippen LogP contribution in [-0.2, 0) is 20.7 Å². The topological polar surface area (TPSA) is 77.5 Å². The van der Waals surface area contributed by atoms with Gasteiger partial charge in [0, 0.05) is 24.2 Å². The zero-order chi connectivity index (χ0) is 17.7. The number of fused-ring (bicyclic) bond motifs is 1. The number of carbonyl (C=O) groups excluding carboxylic acids is 2. The van der Waals surface area contributed by atoms with E-state index in [0.29, 0.717) is 6.42 Å². The quantitative estimate of drug-likeness (QED) is 0.872. The molecule has 0 saturated carbocycles. The normalized spacial score (nSPS) is 12.5. The third kappa shape index (κ3) is 4.94. The summed E-state index contributed by atoms with van der Waals surface area (Å²) in [5, 5.41) is 4.60. The van der Waals surface area contributed by atoms with Crippen LogP contribution in [0.25, 0.3) is 10.8 Å². The van der Waals surface area contributed by atoms with Crippen LogP contribution in [-0.4, -0.2) is 35.8 Å². The monoisotopic (exact) mass is 330 g/mol. The molecule has 0 aliphatic heterocycles. The largest absolute Gasteiger partial charge is 0.467 e. The van der Waals surface area contributed by atoms with E-state index in [1.807, 2.05) is 24.3 Å². The molecule has 128 valence electrons. The fourth-order valence-electron chi connectivity index (χ4n) is 2.28. The maximum Gasteiger partial charge on any atom is 0.408 e. The molecule has 1 atom stereocenters. The van der Waals surface area contributed by atoms with Crippen LogP contribution in [0, 0.1) is 0 Å². The zero-order valence-corrected chi connectivity index (χ0v) is 14.3. The number of methoxy groups -OCH3 is 1. The summed E-state index contributed by atoms with van der Waals surface area (Å²) >= 11 is 0. The van der Waals surface area contributed by atoms with Crippen LogP contribution in [0.3, 0.4) is 0 Å². The average molecular weight is 330 g/mol. The second-order valence-electron chi connectivity index (χ2n) is 6.48. The Balaban J connectivity index is 2.15. The molecule has 24 heavy (non-hydrogen) atoms. The van der Waals surface area contributed by atoms with Gasteiger partial charge in [0.05, 0.1) is 7.11 Å². The minimum atomic E-state index is -0.816. The predicted molar refractivity (Wildman–Crippen MR) is 90.6 cm³/mol. The molecular formula is C18H22N2O4. The molecule has 0 aliphatic carbocycles. The number of aromatic nitrogens is 1. The lowest BCUT2D eigenvalue weighted by Crippen LogP contribution is -2.45. The van der Waals surface area contributed by atoms with E-state index in [4.69, 9.17) is 9.47 Å². The smallest absolute Gasteiger partial charge is 0.408 e. The van der Waals surface area contributed by atoms with Gasteiger partial charge in [0.1, 0.15) is 11.6 Å². The molecule has 0 saturated heterocycles. The summed E-state index contributed by atoms with van der Waals surface area (Å²) in [7, 11) is 1.29. The van der Waals surface area contributed by atoms with Crippen molar-refractivity contribution in [1.82, 2.24) is 10.3 Å². The van der Waals surface area contributed by atoms with Crippen molar-refractivity contribution >= 4 is 22.8 Å². The molecule has 0 bridgehead atoms. The van der Waals surface area contributed by atoms with E-state index in [1.165, 1.54) is 7.11 Å². The highest BCUT2D eigenvalue weighted by molar-refractivity contribution is 5.84. The molecule has 1 amide bonds. The van der Waals surface area contributed by atoms with Crippen LogP contribution < -0.4 is 5.32 Å². The molecule has 0 fully saturated rings. The third-order valence-electron chi connectivity index (χ3n) is 3.32. The minimum Gasteiger partial charge on any atom is -0.467 e. The number of nitrogens with zero attached hydrogens (tertiary/aromatic N) is 1. The fourth-order valence-corrected chi connectivity index (χ4v) is 2.28. The number of rotatable bonds is 4. The van der Waals surface area contributed by atoms with Crippen molar-refractivity contribution in [2.75, 3.05) is 7.11 Å². The number of ether oxygens (including phenoxy) is 2. The molecule has 0 radical (unpaired) electrons. The molecule has 6 heteroatoms. The fraction of sp³-hybridized carbons (Fsp3) is 0.389. The lowest BCUT2D eigenvalue weighted by Gasteiger charge is -2.22. The first-order valence-corrected chi connectivity index (χ1v) is 7.68. The third-order valence-corrected chi connectivity index (χ3v) is 3.32. The summed E-state index contributed by atoms with van der Waals surface area (Å²) in [4.78, 5) is 28.0. The van der Waals surface area contributed by atoms with Gasteiger partial charge in [-0.25, -0.2) is 9.59 Å². The molecule has 1 heterocycles. The number of hydrogen-bond donors (Lipinski definition) is 1. The van der Waals surface area contributed by atoms with E-state index in [-0.39, 0.29) is 0 Å². The van der Waals surface area contributed by atoms with Crippen molar-refractivity contribution in [2.45, 2.75) is 38.8 Å². The van der Waals surface area contributed by atoms with E-state index in [2.05, 4.69) is 10.3 Å². The van der Waals surface area contributed by atoms with Crippen molar-refractivity contribution in [3.05, 3.63) is 42.2 Å². The number of pyridine rings is 1. The number of hydrogen-bond acceptors (Lipinski definition) is 5. The molecule has 1 aromatic heterocycles. The van der Waals surface area contributed by atoms with Crippen LogP contribution in [0.2, 0.25) is 0 Å². The minimum absolute atomic E-state index is 0.310. The standard InChI is InChI=1S/C18H22N2O4/c1-18(2,3)24-17(22)20-15(16(21)23-4)10-12-5-6-14-11-19-8-7-13(14)9-12/h5-9,11,15H,10H2,1-4H3,(H,20,22)/t15-/m0/s1. The first-order valence-electron chi connectivity index (χ1n) is 7.68. The summed E-state index contributed by atoms with van der Waals surface area (Å²) in [5.74, 6) is -0.518. The SMILES string of the molecule is COC(=O)[C@H](Cc1ccc2cnccc2c1)NC(=O)OC(C)(C)C. The molecule has 1 aromatic carbocycles. The van der Waals surface area contributed by atoms with Gasteiger partial charge in [-0.05, 0) is 37.8 Å². The van der Waals surface area contributed by atoms with E-state index in [1.54, 1.807) is 33.2 Å². The van der Waals surface area contributed by atoms with Gasteiger partial charge in [-0.1, -0.05) is 18.2 Å². The van der Waals surface area contributed by atoms with Gasteiger partial charge < -0.3 is 14.8 Å². The second kappa shape index (κ2) is 7.29. The number of carbonyl (C=O) groups is 2. The summed E-state index contributed by atoms with van der Waals surface area (Å²) in [5.41, 5.74) is 0.265. The number of alkyl carbamates (subject to hydrolysis) is 1. The van der Waals surface area contributed by atoms with Gasteiger partial charge in [-0.15, -0.1) is 0 Å². The van der Waals surface area contributed by atoms with Gasteiger partial charge >= 0.3 is 12.1 Å². The Morgan fingerprint density at radius 2 is 1.96 bits per heavy atom. The van der Waals surface area contributed by atoms with Crippen LogP contribution >= 0.6 is 0 Å². The first kappa shape index (κ1) is 17.7. The highest BCUT2D eigenvalue weighted by Crippen LogP contribution is 2.16. The predicted octanol–water partition coefficient (Wildman–Crippen LogP) is 2.84. The Morgan fingerprint density at radius 1 is 1.21 bits per heavy atom. The Morgan fingerprint density at radius 3 is 2.62 bits per heavy atom. The van der Waals surface area contributed by atoms with Gasteiger partial charge in [-0.2, -0.15) is 0 Å². The van der Waals surface area contributed by atoms with Crippen molar-refractivity contribution in [3.8, 4) is 0 Å². The van der Waals surface area contributed by atoms with Crippen LogP contribution in [0.15, 0.2) is 36.7 Å². The van der Waals surface area contributed by atoms with E-state index >= 15 is 0 Å². The number of amides is 1. The van der Waals surface area contributed by atoms with E-state index in [0.717, 1.165) is 16.3 Å². The molecule has 6 nitrogen and oxygen atoms in total. The molecule has 0 unspecified atom stereocenters. The summed E-state index contributed by atoms with van der Waals surface area (Å²) in [6.45, 7) is 5.28. The Labute approximate surface area is 141 Å². The van der Waals surface area contributed by atoms with Crippen molar-refractivity contribution < 1.29 is 19.1 Å². The first-order chi connectivity index (χ1) is 11.3. The van der Waals surface area contributed by atoms with Gasteiger partial charge in [0.2, 0.25) is 0 Å².